The number of nitrogens with two attached hydrogens (primary N) is 1. The van der Waals surface area contributed by atoms with Crippen molar-refractivity contribution in [2.45, 2.75) is 13.2 Å². The van der Waals surface area contributed by atoms with Gasteiger partial charge in [-0.05, 0) is 26.2 Å². The van der Waals surface area contributed by atoms with Crippen molar-refractivity contribution in [3.63, 3.8) is 0 Å². The first-order valence-electron chi connectivity index (χ1n) is 12.7. The fourth-order valence-electron chi connectivity index (χ4n) is 4.95. The highest BCUT2D eigenvalue weighted by Crippen LogP contribution is 2.41. The maximum atomic E-state index is 15.3. The average Bonchev–Trinajstić information content (AvgIpc) is 3.27. The van der Waals surface area contributed by atoms with E-state index in [1.165, 1.54) is 6.20 Å². The van der Waals surface area contributed by atoms with Gasteiger partial charge in [0.1, 0.15) is 17.2 Å². The lowest BCUT2D eigenvalue weighted by Crippen LogP contribution is -2.29. The van der Waals surface area contributed by atoms with Crippen LogP contribution < -0.4 is 25.4 Å². The lowest BCUT2D eigenvalue weighted by atomic mass is 10.1. The van der Waals surface area contributed by atoms with Gasteiger partial charge in [0.25, 0.3) is 0 Å². The summed E-state index contributed by atoms with van der Waals surface area (Å²) in [6, 6.07) is 9.39. The summed E-state index contributed by atoms with van der Waals surface area (Å²) in [4.78, 5) is 13.0. The van der Waals surface area contributed by atoms with Crippen LogP contribution in [0.3, 0.4) is 0 Å². The zero-order chi connectivity index (χ0) is 27.7. The molecule has 10 nitrogen and oxygen atoms in total. The van der Waals surface area contributed by atoms with Gasteiger partial charge in [-0.15, -0.1) is 0 Å². The summed E-state index contributed by atoms with van der Waals surface area (Å²) in [6.07, 6.45) is 1.17. The number of benzene rings is 2. The van der Waals surface area contributed by atoms with E-state index in [2.05, 4.69) is 29.7 Å². The molecular formula is C28H34FN7O3. The molecule has 0 bridgehead atoms. The van der Waals surface area contributed by atoms with E-state index in [4.69, 9.17) is 19.9 Å². The molecule has 11 heteroatoms. The lowest BCUT2D eigenvalue weighted by Gasteiger charge is -2.24. The van der Waals surface area contributed by atoms with E-state index in [1.54, 1.807) is 20.3 Å². The Morgan fingerprint density at radius 2 is 1.92 bits per heavy atom. The molecule has 0 radical (unpaired) electrons. The van der Waals surface area contributed by atoms with Crippen LogP contribution in [0.2, 0.25) is 0 Å². The van der Waals surface area contributed by atoms with Crippen molar-refractivity contribution < 1.29 is 18.6 Å². The summed E-state index contributed by atoms with van der Waals surface area (Å²) in [7, 11) is 9.25. The molecule has 0 atom stereocenters. The molecule has 0 spiro atoms. The fraction of sp³-hybridized carbons (Fsp3) is 0.357. The average molecular weight is 536 g/mol. The van der Waals surface area contributed by atoms with Crippen LogP contribution in [0, 0.1) is 5.82 Å². The second-order valence-electron chi connectivity index (χ2n) is 9.73. The Balaban J connectivity index is 1.55. The van der Waals surface area contributed by atoms with Gasteiger partial charge in [-0.3, -0.25) is 0 Å². The Morgan fingerprint density at radius 1 is 1.13 bits per heavy atom. The maximum absolute atomic E-state index is 15.3. The van der Waals surface area contributed by atoms with Gasteiger partial charge in [0, 0.05) is 43.7 Å². The number of aromatic nitrogens is 3. The van der Waals surface area contributed by atoms with Gasteiger partial charge in [-0.1, -0.05) is 12.1 Å². The molecule has 39 heavy (non-hydrogen) atoms. The molecule has 3 N–H and O–H groups in total. The van der Waals surface area contributed by atoms with Crippen molar-refractivity contribution >= 4 is 33.9 Å². The van der Waals surface area contributed by atoms with Gasteiger partial charge in [-0.2, -0.15) is 0 Å². The molecule has 2 aromatic carbocycles. The number of nitrogens with one attached hydrogen (secondary N) is 1. The van der Waals surface area contributed by atoms with Crippen LogP contribution in [0.5, 0.6) is 11.5 Å². The number of ether oxygens (including phenoxy) is 3. The number of nitrogen functional groups attached to an aromatic ring is 1. The van der Waals surface area contributed by atoms with Crippen LogP contribution in [-0.4, -0.2) is 74.5 Å². The quantitative estimate of drug-likeness (QED) is 0.307. The SMILES string of the molecule is COc1cc(N(C)CCN(C)C)c(N)cc1Nc1ncc(F)c(-c2c3n(c4c(OC)cccc24)CCOC3)n1. The van der Waals surface area contributed by atoms with Gasteiger partial charge in [-0.25, -0.2) is 14.4 Å². The first-order valence-corrected chi connectivity index (χ1v) is 12.7. The van der Waals surface area contributed by atoms with E-state index in [-0.39, 0.29) is 11.6 Å². The van der Waals surface area contributed by atoms with Crippen LogP contribution in [0.15, 0.2) is 36.5 Å². The monoisotopic (exact) mass is 535 g/mol. The lowest BCUT2D eigenvalue weighted by molar-refractivity contribution is 0.0867. The number of nitrogens with zero attached hydrogens (tertiary/aromatic N) is 5. The molecule has 1 aliphatic heterocycles. The number of rotatable bonds is 9. The Bertz CT molecular complexity index is 1500. The molecule has 0 unspecified atom stereocenters. The Kier molecular flexibility index (Phi) is 7.45. The van der Waals surface area contributed by atoms with Crippen molar-refractivity contribution in [1.29, 1.82) is 0 Å². The van der Waals surface area contributed by atoms with Gasteiger partial charge < -0.3 is 39.6 Å². The van der Waals surface area contributed by atoms with Crippen molar-refractivity contribution in [2.24, 2.45) is 0 Å². The van der Waals surface area contributed by atoms with Gasteiger partial charge >= 0.3 is 0 Å². The second kappa shape index (κ2) is 11.0. The highest BCUT2D eigenvalue weighted by molar-refractivity contribution is 6.00. The normalized spacial score (nSPS) is 13.0. The van der Waals surface area contributed by atoms with Gasteiger partial charge in [0.15, 0.2) is 5.82 Å². The zero-order valence-corrected chi connectivity index (χ0v) is 22.9. The first-order chi connectivity index (χ1) is 18.8. The van der Waals surface area contributed by atoms with E-state index in [0.717, 1.165) is 35.4 Å². The molecule has 3 heterocycles. The number of fused-ring (bicyclic) bond motifs is 3. The van der Waals surface area contributed by atoms with E-state index in [9.17, 15) is 0 Å². The van der Waals surface area contributed by atoms with Crippen LogP contribution in [0.1, 0.15) is 5.69 Å². The minimum absolute atomic E-state index is 0.178. The van der Waals surface area contributed by atoms with Crippen molar-refractivity contribution in [3.8, 4) is 22.8 Å². The number of anilines is 4. The molecule has 0 fully saturated rings. The molecule has 206 valence electrons. The van der Waals surface area contributed by atoms with Crippen molar-refractivity contribution in [1.82, 2.24) is 19.4 Å². The molecule has 2 aromatic heterocycles. The number of likely N-dealkylation sites (N-methyl/N-ethyl adjacent to an activating group) is 2. The highest BCUT2D eigenvalue weighted by atomic mass is 19.1. The third kappa shape index (κ3) is 5.02. The molecule has 0 saturated heterocycles. The molecular weight excluding hydrogens is 501 g/mol. The third-order valence-corrected chi connectivity index (χ3v) is 6.94. The molecule has 4 aromatic rings. The molecule has 0 aliphatic carbocycles. The van der Waals surface area contributed by atoms with E-state index in [0.29, 0.717) is 48.2 Å². The van der Waals surface area contributed by atoms with Crippen LogP contribution in [0.25, 0.3) is 22.2 Å². The topological polar surface area (TPSA) is 103 Å². The van der Waals surface area contributed by atoms with Gasteiger partial charge in [0.05, 0.1) is 61.9 Å². The maximum Gasteiger partial charge on any atom is 0.228 e. The van der Waals surface area contributed by atoms with E-state index >= 15 is 4.39 Å². The number of methoxy groups -OCH3 is 2. The third-order valence-electron chi connectivity index (χ3n) is 6.94. The summed E-state index contributed by atoms with van der Waals surface area (Å²) < 4.78 is 34.5. The van der Waals surface area contributed by atoms with Gasteiger partial charge in [0.2, 0.25) is 5.95 Å². The Labute approximate surface area is 227 Å². The van der Waals surface area contributed by atoms with Crippen LogP contribution in [-0.2, 0) is 17.9 Å². The summed E-state index contributed by atoms with van der Waals surface area (Å²) in [5, 5.41) is 4.02. The second-order valence-corrected chi connectivity index (χ2v) is 9.73. The Morgan fingerprint density at radius 3 is 2.67 bits per heavy atom. The predicted octanol–water partition coefficient (Wildman–Crippen LogP) is 4.11. The number of para-hydroxylation sites is 1. The minimum Gasteiger partial charge on any atom is -0.495 e. The summed E-state index contributed by atoms with van der Waals surface area (Å²) in [5.74, 6) is 0.958. The Hall–Kier alpha value is -4.09. The highest BCUT2D eigenvalue weighted by Gasteiger charge is 2.26. The smallest absolute Gasteiger partial charge is 0.228 e. The number of hydrogen-bond donors (Lipinski definition) is 2. The zero-order valence-electron chi connectivity index (χ0n) is 22.9. The van der Waals surface area contributed by atoms with Crippen molar-refractivity contribution in [3.05, 3.63) is 48.0 Å². The van der Waals surface area contributed by atoms with E-state index < -0.39 is 5.82 Å². The summed E-state index contributed by atoms with van der Waals surface area (Å²) in [5.41, 5.74) is 11.0. The fourth-order valence-corrected chi connectivity index (χ4v) is 4.95. The number of hydrogen-bond acceptors (Lipinski definition) is 9. The van der Waals surface area contributed by atoms with E-state index in [1.807, 2.05) is 45.4 Å². The van der Waals surface area contributed by atoms with Crippen molar-refractivity contribution in [2.75, 3.05) is 71.0 Å². The van der Waals surface area contributed by atoms with Crippen LogP contribution in [0.4, 0.5) is 27.4 Å². The summed E-state index contributed by atoms with van der Waals surface area (Å²) in [6.45, 7) is 3.21. The largest absolute Gasteiger partial charge is 0.495 e. The summed E-state index contributed by atoms with van der Waals surface area (Å²) >= 11 is 0. The number of halogens is 1. The standard InChI is InChI=1S/C28H34FN7O3/c1-34(2)9-10-35(3)21-14-24(38-5)20(13-19(21)30)32-28-31-15-18(29)26(33-28)25-17-7-6-8-23(37-4)27(17)36-11-12-39-16-22(25)36/h6-8,13-15H,9-12,16,30H2,1-5H3,(H,31,32,33). The molecule has 1 aliphatic rings. The molecule has 5 rings (SSSR count). The predicted molar refractivity (Wildman–Crippen MR) is 152 cm³/mol. The molecule has 0 amide bonds. The minimum atomic E-state index is -0.534. The van der Waals surface area contributed by atoms with Crippen LogP contribution >= 0.6 is 0 Å². The molecule has 0 saturated carbocycles. The first kappa shape index (κ1) is 26.5.